The Morgan fingerprint density at radius 3 is 2.47 bits per heavy atom. The molecule has 0 aromatic heterocycles. The predicted octanol–water partition coefficient (Wildman–Crippen LogP) is 1.03. The first-order chi connectivity index (χ1) is 7.28. The summed E-state index contributed by atoms with van der Waals surface area (Å²) < 4.78 is 0. The van der Waals surface area contributed by atoms with Gasteiger partial charge >= 0.3 is 0 Å². The molecule has 3 nitrogen and oxygen atoms in total. The largest absolute Gasteiger partial charge is 0.396 e. The zero-order chi connectivity index (χ0) is 11.5. The van der Waals surface area contributed by atoms with Gasteiger partial charge < -0.3 is 15.3 Å². The van der Waals surface area contributed by atoms with E-state index in [1.54, 1.807) is 0 Å². The minimum absolute atomic E-state index is 0.280. The normalized spacial score (nSPS) is 13.4. The van der Waals surface area contributed by atoms with E-state index >= 15 is 0 Å². The zero-order valence-corrected chi connectivity index (χ0v) is 11.1. The quantitative estimate of drug-likeness (QED) is 0.554. The van der Waals surface area contributed by atoms with Crippen LogP contribution in [0.3, 0.4) is 0 Å². The molecule has 1 unspecified atom stereocenters. The van der Waals surface area contributed by atoms with Crippen molar-refractivity contribution in [3.05, 3.63) is 0 Å². The van der Waals surface area contributed by atoms with E-state index in [9.17, 15) is 0 Å². The lowest BCUT2D eigenvalue weighted by atomic mass is 10.2. The van der Waals surface area contributed by atoms with Gasteiger partial charge in [-0.05, 0) is 26.6 Å². The van der Waals surface area contributed by atoms with E-state index in [-0.39, 0.29) is 6.61 Å². The molecule has 0 aliphatic heterocycles. The standard InChI is InChI=1S/C11H26N2OS/c1-4-13(5-2)7-9-15-10-11(12-3)6-8-14/h11-12,14H,4-10H2,1-3H3. The van der Waals surface area contributed by atoms with E-state index < -0.39 is 0 Å². The van der Waals surface area contributed by atoms with Crippen molar-refractivity contribution in [3.8, 4) is 0 Å². The summed E-state index contributed by atoms with van der Waals surface area (Å²) in [6.07, 6.45) is 0.856. The average Bonchev–Trinajstić information content (AvgIpc) is 2.28. The second-order valence-electron chi connectivity index (χ2n) is 3.60. The lowest BCUT2D eigenvalue weighted by Crippen LogP contribution is -2.30. The van der Waals surface area contributed by atoms with Crippen molar-refractivity contribution >= 4 is 11.8 Å². The molecule has 0 spiro atoms. The highest BCUT2D eigenvalue weighted by Crippen LogP contribution is 2.06. The lowest BCUT2D eigenvalue weighted by Gasteiger charge is -2.19. The van der Waals surface area contributed by atoms with Crippen LogP contribution in [-0.4, -0.2) is 60.8 Å². The first-order valence-corrected chi connectivity index (χ1v) is 7.02. The zero-order valence-electron chi connectivity index (χ0n) is 10.3. The Hall–Kier alpha value is 0.230. The SMILES string of the molecule is CCN(CC)CCSCC(CCO)NC. The van der Waals surface area contributed by atoms with E-state index in [4.69, 9.17) is 5.11 Å². The summed E-state index contributed by atoms with van der Waals surface area (Å²) >= 11 is 1.97. The Balaban J connectivity index is 3.42. The Morgan fingerprint density at radius 2 is 2.00 bits per heavy atom. The van der Waals surface area contributed by atoms with Crippen molar-refractivity contribution < 1.29 is 5.11 Å². The molecule has 15 heavy (non-hydrogen) atoms. The molecule has 0 amide bonds. The number of thioether (sulfide) groups is 1. The summed E-state index contributed by atoms with van der Waals surface area (Å²) in [4.78, 5) is 2.44. The molecule has 0 saturated carbocycles. The van der Waals surface area contributed by atoms with Crippen molar-refractivity contribution in [3.63, 3.8) is 0 Å². The average molecular weight is 234 g/mol. The van der Waals surface area contributed by atoms with Gasteiger partial charge in [0.15, 0.2) is 0 Å². The third-order valence-corrected chi connectivity index (χ3v) is 3.76. The van der Waals surface area contributed by atoms with E-state index in [0.29, 0.717) is 6.04 Å². The fourth-order valence-electron chi connectivity index (χ4n) is 1.43. The van der Waals surface area contributed by atoms with Crippen LogP contribution in [0.15, 0.2) is 0 Å². The topological polar surface area (TPSA) is 35.5 Å². The molecule has 1 atom stereocenters. The van der Waals surface area contributed by atoms with Crippen LogP contribution in [0, 0.1) is 0 Å². The van der Waals surface area contributed by atoms with Gasteiger partial charge in [-0.1, -0.05) is 13.8 Å². The second-order valence-corrected chi connectivity index (χ2v) is 4.75. The summed E-state index contributed by atoms with van der Waals surface area (Å²) in [6.45, 7) is 8.15. The van der Waals surface area contributed by atoms with E-state index in [2.05, 4.69) is 24.1 Å². The first-order valence-electron chi connectivity index (χ1n) is 5.86. The number of rotatable bonds is 10. The molecule has 0 bridgehead atoms. The number of hydrogen-bond acceptors (Lipinski definition) is 4. The molecule has 0 fully saturated rings. The molecule has 2 N–H and O–H groups in total. The summed E-state index contributed by atoms with van der Waals surface area (Å²) in [5, 5.41) is 12.1. The maximum Gasteiger partial charge on any atom is 0.0446 e. The maximum absolute atomic E-state index is 8.83. The van der Waals surface area contributed by atoms with Crippen molar-refractivity contribution in [2.24, 2.45) is 0 Å². The number of aliphatic hydroxyl groups excluding tert-OH is 1. The molecule has 92 valence electrons. The lowest BCUT2D eigenvalue weighted by molar-refractivity contribution is 0.273. The van der Waals surface area contributed by atoms with Gasteiger partial charge in [-0.3, -0.25) is 0 Å². The molecule has 0 aliphatic carbocycles. The number of nitrogens with one attached hydrogen (secondary N) is 1. The van der Waals surface area contributed by atoms with E-state index in [0.717, 1.165) is 25.3 Å². The van der Waals surface area contributed by atoms with Crippen LogP contribution in [0.2, 0.25) is 0 Å². The molecular formula is C11H26N2OS. The van der Waals surface area contributed by atoms with Crippen LogP contribution in [0.5, 0.6) is 0 Å². The number of hydrogen-bond donors (Lipinski definition) is 2. The van der Waals surface area contributed by atoms with Gasteiger partial charge in [0.05, 0.1) is 0 Å². The van der Waals surface area contributed by atoms with Gasteiger partial charge in [0, 0.05) is 30.7 Å². The third kappa shape index (κ3) is 8.08. The Morgan fingerprint density at radius 1 is 1.33 bits per heavy atom. The molecule has 0 aromatic rings. The first kappa shape index (κ1) is 15.2. The van der Waals surface area contributed by atoms with Gasteiger partial charge in [-0.25, -0.2) is 0 Å². The Kier molecular flexibility index (Phi) is 10.9. The third-order valence-electron chi connectivity index (χ3n) is 2.65. The maximum atomic E-state index is 8.83. The highest BCUT2D eigenvalue weighted by molar-refractivity contribution is 7.99. The molecule has 0 aromatic carbocycles. The van der Waals surface area contributed by atoms with Gasteiger partial charge in [-0.2, -0.15) is 11.8 Å². The van der Waals surface area contributed by atoms with Crippen molar-refractivity contribution in [1.82, 2.24) is 10.2 Å². The molecule has 0 rings (SSSR count). The van der Waals surface area contributed by atoms with Crippen LogP contribution < -0.4 is 5.32 Å². The highest BCUT2D eigenvalue weighted by atomic mass is 32.2. The van der Waals surface area contributed by atoms with Crippen LogP contribution in [0.4, 0.5) is 0 Å². The van der Waals surface area contributed by atoms with Crippen LogP contribution in [-0.2, 0) is 0 Å². The van der Waals surface area contributed by atoms with Gasteiger partial charge in [0.2, 0.25) is 0 Å². The van der Waals surface area contributed by atoms with E-state index in [1.807, 2.05) is 18.8 Å². The van der Waals surface area contributed by atoms with Crippen molar-refractivity contribution in [1.29, 1.82) is 0 Å². The van der Waals surface area contributed by atoms with Gasteiger partial charge in [-0.15, -0.1) is 0 Å². The summed E-state index contributed by atoms with van der Waals surface area (Å²) in [5.41, 5.74) is 0. The minimum Gasteiger partial charge on any atom is -0.396 e. The summed E-state index contributed by atoms with van der Waals surface area (Å²) in [6, 6.07) is 0.455. The molecule has 4 heteroatoms. The van der Waals surface area contributed by atoms with E-state index in [1.165, 1.54) is 12.3 Å². The molecule has 0 aliphatic rings. The molecule has 0 heterocycles. The van der Waals surface area contributed by atoms with Crippen LogP contribution in [0.1, 0.15) is 20.3 Å². The fraction of sp³-hybridized carbons (Fsp3) is 1.00. The number of nitrogens with zero attached hydrogens (tertiary/aromatic N) is 1. The molecule has 0 saturated heterocycles. The highest BCUT2D eigenvalue weighted by Gasteiger charge is 2.05. The fourth-order valence-corrected chi connectivity index (χ4v) is 2.60. The Labute approximate surface area is 98.6 Å². The minimum atomic E-state index is 0.280. The second kappa shape index (κ2) is 10.7. The smallest absolute Gasteiger partial charge is 0.0446 e. The van der Waals surface area contributed by atoms with Crippen LogP contribution in [0.25, 0.3) is 0 Å². The monoisotopic (exact) mass is 234 g/mol. The predicted molar refractivity (Wildman–Crippen MR) is 69.7 cm³/mol. The van der Waals surface area contributed by atoms with Crippen LogP contribution >= 0.6 is 11.8 Å². The van der Waals surface area contributed by atoms with Crippen molar-refractivity contribution in [2.75, 3.05) is 44.8 Å². The number of aliphatic hydroxyl groups is 1. The summed E-state index contributed by atoms with van der Waals surface area (Å²) in [7, 11) is 1.96. The Bertz CT molecular complexity index is 132. The molecular weight excluding hydrogens is 208 g/mol. The molecule has 0 radical (unpaired) electrons. The van der Waals surface area contributed by atoms with Gasteiger partial charge in [0.1, 0.15) is 0 Å². The van der Waals surface area contributed by atoms with Crippen molar-refractivity contribution in [2.45, 2.75) is 26.3 Å². The summed E-state index contributed by atoms with van der Waals surface area (Å²) in [5.74, 6) is 2.28. The van der Waals surface area contributed by atoms with Gasteiger partial charge in [0.25, 0.3) is 0 Å².